The van der Waals surface area contributed by atoms with Gasteiger partial charge in [-0.2, -0.15) is 5.10 Å². The van der Waals surface area contributed by atoms with Crippen LogP contribution in [-0.4, -0.2) is 25.0 Å². The molecular weight excluding hydrogens is 390 g/mol. The van der Waals surface area contributed by atoms with E-state index in [2.05, 4.69) is 26.1 Å². The van der Waals surface area contributed by atoms with Crippen LogP contribution in [0.2, 0.25) is 0 Å². The molecule has 0 fully saturated rings. The third-order valence-corrected chi connectivity index (χ3v) is 4.57. The highest BCUT2D eigenvalue weighted by Crippen LogP contribution is 2.37. The van der Waals surface area contributed by atoms with Gasteiger partial charge in [0.05, 0.1) is 11.3 Å². The smallest absolute Gasteiger partial charge is 0.200 e. The molecule has 7 heteroatoms. The number of halogens is 1. The van der Waals surface area contributed by atoms with Crippen LogP contribution in [0.1, 0.15) is 25.3 Å². The highest BCUT2D eigenvalue weighted by atomic mass is 79.9. The molecule has 3 aromatic rings. The summed E-state index contributed by atoms with van der Waals surface area (Å²) < 4.78 is 3.13. The molecule has 124 valence electrons. The summed E-state index contributed by atoms with van der Waals surface area (Å²) in [6.07, 6.45) is 0. The highest BCUT2D eigenvalue weighted by molar-refractivity contribution is 9.10. The van der Waals surface area contributed by atoms with Gasteiger partial charge in [0.25, 0.3) is 0 Å². The van der Waals surface area contributed by atoms with E-state index in [9.17, 15) is 10.2 Å². The molecule has 1 aromatic heterocycles. The molecule has 0 amide bonds. The average Bonchev–Trinajstić information content (AvgIpc) is 2.89. The summed E-state index contributed by atoms with van der Waals surface area (Å²) in [6.45, 7) is 3.95. The van der Waals surface area contributed by atoms with Gasteiger partial charge in [-0.25, -0.2) is 0 Å². The number of hydrogen-bond acceptors (Lipinski definition) is 4. The fraction of sp³-hybridized carbons (Fsp3) is 0.176. The number of aromatic nitrogens is 3. The van der Waals surface area contributed by atoms with Gasteiger partial charge in [0, 0.05) is 10.5 Å². The average molecular weight is 406 g/mol. The van der Waals surface area contributed by atoms with Crippen LogP contribution in [0.15, 0.2) is 40.9 Å². The summed E-state index contributed by atoms with van der Waals surface area (Å²) in [5, 5.41) is 27.4. The number of benzene rings is 2. The lowest BCUT2D eigenvalue weighted by Gasteiger charge is -2.13. The van der Waals surface area contributed by atoms with E-state index in [4.69, 9.17) is 12.2 Å². The maximum absolute atomic E-state index is 10.3. The first-order valence-corrected chi connectivity index (χ1v) is 8.58. The number of hydrogen-bond donors (Lipinski definition) is 3. The van der Waals surface area contributed by atoms with Crippen LogP contribution < -0.4 is 0 Å². The molecule has 24 heavy (non-hydrogen) atoms. The van der Waals surface area contributed by atoms with Crippen LogP contribution in [0.25, 0.3) is 17.1 Å². The van der Waals surface area contributed by atoms with Crippen molar-refractivity contribution in [3.63, 3.8) is 0 Å². The fourth-order valence-electron chi connectivity index (χ4n) is 2.54. The van der Waals surface area contributed by atoms with E-state index >= 15 is 0 Å². The number of H-pyrrole nitrogens is 1. The number of phenols is 2. The van der Waals surface area contributed by atoms with Crippen molar-refractivity contribution in [3.8, 4) is 28.6 Å². The molecule has 0 aliphatic rings. The number of phenolic OH excluding ortho intramolecular Hbond substituents is 2. The van der Waals surface area contributed by atoms with Crippen LogP contribution in [-0.2, 0) is 0 Å². The molecule has 0 bridgehead atoms. The monoisotopic (exact) mass is 405 g/mol. The SMILES string of the molecule is CC(C)c1cc(-c2n[nH]c(=S)n2-c2ccc(Br)cc2)c(O)cc1O. The molecule has 5 nitrogen and oxygen atoms in total. The minimum Gasteiger partial charge on any atom is -0.508 e. The van der Waals surface area contributed by atoms with Gasteiger partial charge < -0.3 is 10.2 Å². The molecule has 2 aromatic carbocycles. The lowest BCUT2D eigenvalue weighted by molar-refractivity contribution is 0.444. The maximum Gasteiger partial charge on any atom is 0.200 e. The molecule has 3 N–H and O–H groups in total. The van der Waals surface area contributed by atoms with Crippen molar-refractivity contribution in [1.29, 1.82) is 0 Å². The van der Waals surface area contributed by atoms with Crippen LogP contribution in [0.5, 0.6) is 11.5 Å². The van der Waals surface area contributed by atoms with E-state index in [0.717, 1.165) is 15.7 Å². The van der Waals surface area contributed by atoms with Gasteiger partial charge in [-0.3, -0.25) is 9.67 Å². The number of nitrogens with zero attached hydrogens (tertiary/aromatic N) is 2. The molecule has 0 saturated carbocycles. The van der Waals surface area contributed by atoms with E-state index < -0.39 is 0 Å². The highest BCUT2D eigenvalue weighted by Gasteiger charge is 2.18. The summed E-state index contributed by atoms with van der Waals surface area (Å²) in [7, 11) is 0. The van der Waals surface area contributed by atoms with Crippen molar-refractivity contribution in [2.45, 2.75) is 19.8 Å². The lowest BCUT2D eigenvalue weighted by Crippen LogP contribution is -1.99. The van der Waals surface area contributed by atoms with Gasteiger partial charge in [0.1, 0.15) is 11.5 Å². The Morgan fingerprint density at radius 3 is 2.42 bits per heavy atom. The molecule has 0 spiro atoms. The molecule has 1 heterocycles. The second-order valence-corrected chi connectivity index (χ2v) is 7.05. The first kappa shape index (κ1) is 16.7. The van der Waals surface area contributed by atoms with Crippen LogP contribution in [0, 0.1) is 4.77 Å². The Kier molecular flexibility index (Phi) is 4.47. The molecule has 0 saturated heterocycles. The van der Waals surface area contributed by atoms with E-state index in [1.807, 2.05) is 38.1 Å². The van der Waals surface area contributed by atoms with E-state index in [1.54, 1.807) is 10.6 Å². The van der Waals surface area contributed by atoms with Gasteiger partial charge in [0.15, 0.2) is 10.6 Å². The Balaban J connectivity index is 2.24. The molecular formula is C17H16BrN3O2S. The van der Waals surface area contributed by atoms with Gasteiger partial charge >= 0.3 is 0 Å². The van der Waals surface area contributed by atoms with Crippen molar-refractivity contribution in [2.75, 3.05) is 0 Å². The molecule has 0 atom stereocenters. The summed E-state index contributed by atoms with van der Waals surface area (Å²) in [5.74, 6) is 0.606. The van der Waals surface area contributed by atoms with Crippen LogP contribution in [0.4, 0.5) is 0 Å². The Morgan fingerprint density at radius 1 is 1.12 bits per heavy atom. The topological polar surface area (TPSA) is 74.1 Å². The molecule has 0 radical (unpaired) electrons. The van der Waals surface area contributed by atoms with Crippen LogP contribution >= 0.6 is 28.1 Å². The predicted octanol–water partition coefficient (Wildman–Crippen LogP) is 4.89. The largest absolute Gasteiger partial charge is 0.508 e. The standard InChI is InChI=1S/C17H16BrN3O2S/c1-9(2)12-7-13(15(23)8-14(12)22)16-19-20-17(24)21(16)11-5-3-10(18)4-6-11/h3-9,22-23H,1-2H3,(H,20,24). The first-order chi connectivity index (χ1) is 11.4. The quantitative estimate of drug-likeness (QED) is 0.542. The third-order valence-electron chi connectivity index (χ3n) is 3.77. The van der Waals surface area contributed by atoms with Gasteiger partial charge in [-0.1, -0.05) is 29.8 Å². The van der Waals surface area contributed by atoms with Crippen molar-refractivity contribution in [2.24, 2.45) is 0 Å². The van der Waals surface area contributed by atoms with Gasteiger partial charge in [-0.05, 0) is 54.0 Å². The first-order valence-electron chi connectivity index (χ1n) is 7.38. The number of aromatic amines is 1. The Hall–Kier alpha value is -2.12. The van der Waals surface area contributed by atoms with Gasteiger partial charge in [0.2, 0.25) is 0 Å². The van der Waals surface area contributed by atoms with Crippen molar-refractivity contribution < 1.29 is 10.2 Å². The second-order valence-electron chi connectivity index (χ2n) is 5.75. The summed E-state index contributed by atoms with van der Waals surface area (Å²) in [4.78, 5) is 0. The predicted molar refractivity (Wildman–Crippen MR) is 99.3 cm³/mol. The lowest BCUT2D eigenvalue weighted by atomic mass is 9.98. The Morgan fingerprint density at radius 2 is 1.79 bits per heavy atom. The number of rotatable bonds is 3. The van der Waals surface area contributed by atoms with E-state index in [1.165, 1.54) is 6.07 Å². The number of nitrogens with one attached hydrogen (secondary N) is 1. The van der Waals surface area contributed by atoms with E-state index in [-0.39, 0.29) is 17.4 Å². The zero-order valence-electron chi connectivity index (χ0n) is 13.1. The summed E-state index contributed by atoms with van der Waals surface area (Å²) >= 11 is 8.75. The Labute approximate surface area is 152 Å². The minimum atomic E-state index is -0.0516. The van der Waals surface area contributed by atoms with Crippen molar-refractivity contribution in [3.05, 3.63) is 51.2 Å². The molecule has 0 aliphatic heterocycles. The Bertz CT molecular complexity index is 945. The molecule has 0 unspecified atom stereocenters. The molecule has 3 rings (SSSR count). The van der Waals surface area contributed by atoms with Crippen LogP contribution in [0.3, 0.4) is 0 Å². The zero-order valence-corrected chi connectivity index (χ0v) is 15.5. The normalized spacial score (nSPS) is 11.2. The van der Waals surface area contributed by atoms with Crippen molar-refractivity contribution in [1.82, 2.24) is 14.8 Å². The minimum absolute atomic E-state index is 0.0516. The maximum atomic E-state index is 10.3. The summed E-state index contributed by atoms with van der Waals surface area (Å²) in [6, 6.07) is 10.7. The van der Waals surface area contributed by atoms with E-state index in [0.29, 0.717) is 16.2 Å². The zero-order chi connectivity index (χ0) is 17.4. The van der Waals surface area contributed by atoms with Crippen molar-refractivity contribution >= 4 is 28.1 Å². The fourth-order valence-corrected chi connectivity index (χ4v) is 3.04. The third kappa shape index (κ3) is 2.97. The second kappa shape index (κ2) is 6.41. The summed E-state index contributed by atoms with van der Waals surface area (Å²) in [5.41, 5.74) is 2.07. The van der Waals surface area contributed by atoms with Gasteiger partial charge in [-0.15, -0.1) is 0 Å². The molecule has 0 aliphatic carbocycles. The number of aromatic hydroxyl groups is 2.